The molecular formula is C18H15F2N4O2+. The Balaban J connectivity index is 1.66. The summed E-state index contributed by atoms with van der Waals surface area (Å²) in [5, 5.41) is 4.38. The van der Waals surface area contributed by atoms with Gasteiger partial charge in [0.1, 0.15) is 11.6 Å². The van der Waals surface area contributed by atoms with Crippen molar-refractivity contribution >= 4 is 17.5 Å². The molecule has 26 heavy (non-hydrogen) atoms. The quantitative estimate of drug-likeness (QED) is 0.624. The zero-order valence-corrected chi connectivity index (χ0v) is 13.7. The standard InChI is InChI=1S/C18H15F2N4O2/c19-13-4-6-15(7-5-13)22-8-9-23-16(25)17(26)24(21-18(22)23)11-12-2-1-3-14(20)10-12/h1-7,10,18H,8-9,11H2/q+1. The highest BCUT2D eigenvalue weighted by Gasteiger charge is 2.49. The van der Waals surface area contributed by atoms with Crippen LogP contribution in [-0.2, 0) is 16.1 Å². The van der Waals surface area contributed by atoms with E-state index in [0.717, 1.165) is 4.70 Å². The molecule has 2 aliphatic rings. The molecule has 1 unspecified atom stereocenters. The lowest BCUT2D eigenvalue weighted by Gasteiger charge is -2.27. The number of benzene rings is 2. The van der Waals surface area contributed by atoms with Crippen LogP contribution in [0.15, 0.2) is 53.6 Å². The molecule has 1 fully saturated rings. The van der Waals surface area contributed by atoms with E-state index in [1.165, 1.54) is 35.2 Å². The fourth-order valence-corrected chi connectivity index (χ4v) is 3.17. The lowest BCUT2D eigenvalue weighted by Crippen LogP contribution is -2.51. The van der Waals surface area contributed by atoms with E-state index in [-0.39, 0.29) is 12.4 Å². The number of rotatable bonds is 3. The average molecular weight is 357 g/mol. The number of amides is 2. The third-order valence-electron chi connectivity index (χ3n) is 4.44. The van der Waals surface area contributed by atoms with Crippen LogP contribution >= 0.6 is 0 Å². The van der Waals surface area contributed by atoms with Gasteiger partial charge in [-0.25, -0.2) is 13.6 Å². The maximum Gasteiger partial charge on any atom is 0.502 e. The first-order chi connectivity index (χ1) is 12.5. The topological polar surface area (TPSA) is 56.0 Å². The Morgan fingerprint density at radius 2 is 1.73 bits per heavy atom. The van der Waals surface area contributed by atoms with E-state index in [4.69, 9.17) is 0 Å². The average Bonchev–Trinajstić information content (AvgIpc) is 3.04. The highest BCUT2D eigenvalue weighted by Crippen LogP contribution is 2.27. The van der Waals surface area contributed by atoms with Gasteiger partial charge in [-0.05, 0) is 41.1 Å². The molecule has 2 aromatic rings. The van der Waals surface area contributed by atoms with Crippen LogP contribution < -0.4 is 4.90 Å². The first-order valence-corrected chi connectivity index (χ1v) is 8.13. The third-order valence-corrected chi connectivity index (χ3v) is 4.44. The maximum atomic E-state index is 13.4. The first kappa shape index (κ1) is 16.3. The van der Waals surface area contributed by atoms with E-state index < -0.39 is 23.9 Å². The van der Waals surface area contributed by atoms with E-state index in [9.17, 15) is 18.4 Å². The van der Waals surface area contributed by atoms with Gasteiger partial charge in [0.2, 0.25) is 6.54 Å². The molecule has 4 rings (SSSR count). The Hall–Kier alpha value is -3.16. The molecule has 0 bridgehead atoms. The highest BCUT2D eigenvalue weighted by molar-refractivity contribution is 6.31. The molecule has 8 heteroatoms. The van der Waals surface area contributed by atoms with Crippen LogP contribution in [-0.4, -0.2) is 40.8 Å². The predicted molar refractivity (Wildman–Crippen MR) is 87.0 cm³/mol. The van der Waals surface area contributed by atoms with E-state index >= 15 is 0 Å². The smallest absolute Gasteiger partial charge is 0.326 e. The van der Waals surface area contributed by atoms with Crippen molar-refractivity contribution in [1.29, 1.82) is 0 Å². The van der Waals surface area contributed by atoms with Crippen LogP contribution in [0.5, 0.6) is 0 Å². The highest BCUT2D eigenvalue weighted by atomic mass is 19.1. The van der Waals surface area contributed by atoms with Gasteiger partial charge in [0.25, 0.3) is 6.29 Å². The van der Waals surface area contributed by atoms with Gasteiger partial charge in [0.05, 0.1) is 0 Å². The minimum atomic E-state index is -0.744. The molecular weight excluding hydrogens is 342 g/mol. The van der Waals surface area contributed by atoms with Crippen molar-refractivity contribution < 1.29 is 23.1 Å². The zero-order chi connectivity index (χ0) is 18.3. The third kappa shape index (κ3) is 2.83. The molecule has 0 N–H and O–H groups in total. The molecule has 1 saturated heterocycles. The molecule has 6 nitrogen and oxygen atoms in total. The number of hydrogen-bond acceptors (Lipinski definition) is 4. The fourth-order valence-electron chi connectivity index (χ4n) is 3.17. The molecule has 1 atom stereocenters. The minimum Gasteiger partial charge on any atom is -0.326 e. The molecule has 2 aromatic carbocycles. The van der Waals surface area contributed by atoms with E-state index in [1.54, 1.807) is 18.2 Å². The summed E-state index contributed by atoms with van der Waals surface area (Å²) in [4.78, 5) is 27.9. The van der Waals surface area contributed by atoms with Crippen molar-refractivity contribution in [3.8, 4) is 0 Å². The van der Waals surface area contributed by atoms with Crippen molar-refractivity contribution in [3.63, 3.8) is 0 Å². The summed E-state index contributed by atoms with van der Waals surface area (Å²) < 4.78 is 27.6. The number of azo groups is 2. The van der Waals surface area contributed by atoms with Gasteiger partial charge in [-0.3, -0.25) is 9.69 Å². The number of hydrogen-bond donors (Lipinski definition) is 0. The van der Waals surface area contributed by atoms with Crippen LogP contribution in [0.25, 0.3) is 0 Å². The van der Waals surface area contributed by atoms with Crippen LogP contribution in [0.2, 0.25) is 0 Å². The van der Waals surface area contributed by atoms with Crippen LogP contribution in [0, 0.1) is 11.6 Å². The summed E-state index contributed by atoms with van der Waals surface area (Å²) >= 11 is 0. The fraction of sp³-hybridized carbons (Fsp3) is 0.222. The van der Waals surface area contributed by atoms with E-state index in [0.29, 0.717) is 24.3 Å². The molecule has 2 heterocycles. The second kappa shape index (κ2) is 6.29. The van der Waals surface area contributed by atoms with Gasteiger partial charge >= 0.3 is 11.8 Å². The number of carbonyl (C=O) groups is 2. The van der Waals surface area contributed by atoms with Gasteiger partial charge in [0.15, 0.2) is 0 Å². The van der Waals surface area contributed by atoms with E-state index in [1.807, 2.05) is 4.90 Å². The Kier molecular flexibility index (Phi) is 3.95. The summed E-state index contributed by atoms with van der Waals surface area (Å²) in [6.07, 6.45) is -0.681. The van der Waals surface area contributed by atoms with Crippen LogP contribution in [0.4, 0.5) is 14.5 Å². The number of fused-ring (bicyclic) bond motifs is 1. The lowest BCUT2D eigenvalue weighted by molar-refractivity contribution is -0.534. The Morgan fingerprint density at radius 3 is 2.46 bits per heavy atom. The van der Waals surface area contributed by atoms with Crippen molar-refractivity contribution in [1.82, 2.24) is 4.90 Å². The monoisotopic (exact) mass is 357 g/mol. The predicted octanol–water partition coefficient (Wildman–Crippen LogP) is 2.10. The van der Waals surface area contributed by atoms with Crippen LogP contribution in [0.3, 0.4) is 0 Å². The van der Waals surface area contributed by atoms with Gasteiger partial charge in [-0.15, -0.1) is 0 Å². The summed E-state index contributed by atoms with van der Waals surface area (Å²) in [5.74, 6) is -2.17. The molecule has 0 spiro atoms. The summed E-state index contributed by atoms with van der Waals surface area (Å²) in [6.45, 7) is 0.834. The summed E-state index contributed by atoms with van der Waals surface area (Å²) in [7, 11) is 0. The molecule has 0 aromatic heterocycles. The Bertz CT molecular complexity index is 914. The summed E-state index contributed by atoms with van der Waals surface area (Å²) in [6, 6.07) is 11.7. The van der Waals surface area contributed by atoms with E-state index in [2.05, 4.69) is 5.11 Å². The second-order valence-corrected chi connectivity index (χ2v) is 6.12. The molecule has 132 valence electrons. The number of anilines is 1. The Morgan fingerprint density at radius 1 is 1.00 bits per heavy atom. The van der Waals surface area contributed by atoms with Crippen LogP contribution in [0.1, 0.15) is 5.56 Å². The summed E-state index contributed by atoms with van der Waals surface area (Å²) in [5.41, 5.74) is 1.24. The van der Waals surface area contributed by atoms with Gasteiger partial charge in [-0.2, -0.15) is 0 Å². The normalized spacial score (nSPS) is 19.6. The van der Waals surface area contributed by atoms with Gasteiger partial charge < -0.3 is 4.90 Å². The molecule has 0 aliphatic carbocycles. The zero-order valence-electron chi connectivity index (χ0n) is 13.7. The van der Waals surface area contributed by atoms with Crippen molar-refractivity contribution in [3.05, 3.63) is 65.7 Å². The number of carbonyl (C=O) groups excluding carboxylic acids is 2. The molecule has 2 aliphatic heterocycles. The van der Waals surface area contributed by atoms with Gasteiger partial charge in [0, 0.05) is 29.5 Å². The maximum absolute atomic E-state index is 13.4. The van der Waals surface area contributed by atoms with Crippen molar-refractivity contribution in [2.45, 2.75) is 12.8 Å². The Labute approximate surface area is 147 Å². The number of halogens is 2. The second-order valence-electron chi connectivity index (χ2n) is 6.12. The first-order valence-electron chi connectivity index (χ1n) is 8.13. The minimum absolute atomic E-state index is 0.00390. The molecule has 2 amide bonds. The molecule has 0 saturated carbocycles. The van der Waals surface area contributed by atoms with Crippen molar-refractivity contribution in [2.75, 3.05) is 18.0 Å². The van der Waals surface area contributed by atoms with Crippen molar-refractivity contribution in [2.24, 2.45) is 5.11 Å². The largest absolute Gasteiger partial charge is 0.502 e. The lowest BCUT2D eigenvalue weighted by atomic mass is 10.2. The molecule has 0 radical (unpaired) electrons. The SMILES string of the molecule is O=C1C(=O)[N+](Cc2cccc(F)c2)=NC2N1CCN2c1ccc(F)cc1. The van der Waals surface area contributed by atoms with Gasteiger partial charge in [-0.1, -0.05) is 12.1 Å². The number of nitrogens with zero attached hydrogens (tertiary/aromatic N) is 4.